The van der Waals surface area contributed by atoms with Crippen LogP contribution in [0.2, 0.25) is 0 Å². The van der Waals surface area contributed by atoms with Crippen molar-refractivity contribution in [1.29, 1.82) is 0 Å². The van der Waals surface area contributed by atoms with Crippen LogP contribution in [0.5, 0.6) is 0 Å². The maximum Gasteiger partial charge on any atom is 0.191 e. The van der Waals surface area contributed by atoms with Crippen LogP contribution in [-0.4, -0.2) is 10.8 Å². The number of hydrogen-bond donors (Lipinski definition) is 1. The van der Waals surface area contributed by atoms with E-state index in [4.69, 9.17) is 0 Å². The van der Waals surface area contributed by atoms with Crippen LogP contribution in [0.25, 0.3) is 0 Å². The minimum atomic E-state index is -0.653. The Kier molecular flexibility index (Phi) is 1.74. The van der Waals surface area contributed by atoms with Gasteiger partial charge in [-0.3, -0.25) is 0 Å². The lowest BCUT2D eigenvalue weighted by molar-refractivity contribution is -0.0101. The molecule has 1 spiro atoms. The van der Waals surface area contributed by atoms with E-state index in [9.17, 15) is 5.11 Å². The Morgan fingerprint density at radius 2 is 1.53 bits per heavy atom. The van der Waals surface area contributed by atoms with Crippen molar-refractivity contribution in [3.05, 3.63) is 35.9 Å². The van der Waals surface area contributed by atoms with Crippen molar-refractivity contribution >= 4 is 0 Å². The van der Waals surface area contributed by atoms with Crippen molar-refractivity contribution in [2.24, 2.45) is 10.2 Å². The van der Waals surface area contributed by atoms with E-state index in [1.165, 1.54) is 0 Å². The second-order valence-corrected chi connectivity index (χ2v) is 4.58. The molecule has 0 aromatic heterocycles. The Bertz CT molecular complexity index is 383. The van der Waals surface area contributed by atoms with Crippen LogP contribution in [0.3, 0.4) is 0 Å². The van der Waals surface area contributed by atoms with Gasteiger partial charge in [-0.1, -0.05) is 30.3 Å². The van der Waals surface area contributed by atoms with Gasteiger partial charge in [0.05, 0.1) is 5.60 Å². The lowest BCUT2D eigenvalue weighted by Gasteiger charge is -2.34. The first-order valence-electron chi connectivity index (χ1n) is 5.45. The molecular weight excluding hydrogens is 188 g/mol. The van der Waals surface area contributed by atoms with Crippen LogP contribution in [0.4, 0.5) is 0 Å². The van der Waals surface area contributed by atoms with Crippen molar-refractivity contribution in [2.45, 2.75) is 36.9 Å². The standard InChI is InChI=1S/C12H14N2O/c15-11(10-4-2-1-3-5-10)6-8-12(9-7-11)13-14-12/h1-5,15H,6-9H2. The van der Waals surface area contributed by atoms with Gasteiger partial charge in [-0.15, -0.1) is 0 Å². The number of aliphatic hydroxyl groups is 1. The van der Waals surface area contributed by atoms with Gasteiger partial charge >= 0.3 is 0 Å². The van der Waals surface area contributed by atoms with Crippen LogP contribution in [0.15, 0.2) is 40.6 Å². The highest BCUT2D eigenvalue weighted by Crippen LogP contribution is 2.48. The van der Waals surface area contributed by atoms with Crippen molar-refractivity contribution < 1.29 is 5.11 Å². The summed E-state index contributed by atoms with van der Waals surface area (Å²) in [4.78, 5) is 0. The van der Waals surface area contributed by atoms with Gasteiger partial charge in [0.15, 0.2) is 5.66 Å². The molecule has 3 nitrogen and oxygen atoms in total. The topological polar surface area (TPSA) is 45.0 Å². The van der Waals surface area contributed by atoms with Crippen LogP contribution < -0.4 is 0 Å². The molecule has 1 aliphatic heterocycles. The molecule has 0 saturated heterocycles. The normalized spacial score (nSPS) is 25.4. The van der Waals surface area contributed by atoms with Crippen molar-refractivity contribution in [1.82, 2.24) is 0 Å². The van der Waals surface area contributed by atoms with Gasteiger partial charge in [0.2, 0.25) is 0 Å². The molecule has 78 valence electrons. The first-order chi connectivity index (χ1) is 7.23. The van der Waals surface area contributed by atoms with E-state index in [0.717, 1.165) is 31.2 Å². The summed E-state index contributed by atoms with van der Waals surface area (Å²) in [6.45, 7) is 0. The van der Waals surface area contributed by atoms with Crippen molar-refractivity contribution in [2.75, 3.05) is 0 Å². The average Bonchev–Trinajstić information content (AvgIpc) is 3.05. The minimum Gasteiger partial charge on any atom is -0.385 e. The molecule has 1 aliphatic carbocycles. The lowest BCUT2D eigenvalue weighted by Crippen LogP contribution is -2.34. The van der Waals surface area contributed by atoms with E-state index in [1.807, 2.05) is 30.3 Å². The molecule has 1 saturated carbocycles. The van der Waals surface area contributed by atoms with Gasteiger partial charge in [0.1, 0.15) is 0 Å². The molecule has 1 fully saturated rings. The second kappa shape index (κ2) is 2.89. The molecular formula is C12H14N2O. The summed E-state index contributed by atoms with van der Waals surface area (Å²) in [7, 11) is 0. The monoisotopic (exact) mass is 202 g/mol. The summed E-state index contributed by atoms with van der Waals surface area (Å²) >= 11 is 0. The Balaban J connectivity index is 1.80. The third-order valence-electron chi connectivity index (χ3n) is 3.57. The van der Waals surface area contributed by atoms with Gasteiger partial charge in [-0.2, -0.15) is 10.2 Å². The number of benzene rings is 1. The van der Waals surface area contributed by atoms with Gasteiger partial charge in [-0.25, -0.2) is 0 Å². The van der Waals surface area contributed by atoms with Crippen LogP contribution in [-0.2, 0) is 5.60 Å². The Labute approximate surface area is 88.9 Å². The largest absolute Gasteiger partial charge is 0.385 e. The number of rotatable bonds is 1. The summed E-state index contributed by atoms with van der Waals surface area (Å²) in [5.74, 6) is 0. The van der Waals surface area contributed by atoms with Crippen LogP contribution in [0.1, 0.15) is 31.2 Å². The fraction of sp³-hybridized carbons (Fsp3) is 0.500. The molecule has 3 rings (SSSR count). The highest BCUT2D eigenvalue weighted by atomic mass is 16.3. The molecule has 0 atom stereocenters. The van der Waals surface area contributed by atoms with Crippen LogP contribution >= 0.6 is 0 Å². The maximum absolute atomic E-state index is 10.5. The molecule has 15 heavy (non-hydrogen) atoms. The predicted octanol–water partition coefficient (Wildman–Crippen LogP) is 2.61. The minimum absolute atomic E-state index is 0.0962. The fourth-order valence-electron chi connectivity index (χ4n) is 2.37. The lowest BCUT2D eigenvalue weighted by atomic mass is 9.76. The quantitative estimate of drug-likeness (QED) is 0.747. The van der Waals surface area contributed by atoms with E-state index >= 15 is 0 Å². The molecule has 1 aromatic carbocycles. The summed E-state index contributed by atoms with van der Waals surface area (Å²) in [5, 5.41) is 18.7. The SMILES string of the molecule is OC1(c2ccccc2)CCC2(CC1)N=N2. The summed E-state index contributed by atoms with van der Waals surface area (Å²) in [6.07, 6.45) is 3.31. The zero-order valence-electron chi connectivity index (χ0n) is 8.56. The highest BCUT2D eigenvalue weighted by molar-refractivity contribution is 5.24. The second-order valence-electron chi connectivity index (χ2n) is 4.58. The number of nitrogens with zero attached hydrogens (tertiary/aromatic N) is 2. The summed E-state index contributed by atoms with van der Waals surface area (Å²) in [6, 6.07) is 9.92. The molecule has 3 heteroatoms. The molecule has 0 radical (unpaired) electrons. The zero-order chi connectivity index (χ0) is 10.4. The van der Waals surface area contributed by atoms with E-state index < -0.39 is 5.60 Å². The molecule has 2 aliphatic rings. The fourth-order valence-corrected chi connectivity index (χ4v) is 2.37. The first kappa shape index (κ1) is 9.04. The Morgan fingerprint density at radius 1 is 0.933 bits per heavy atom. The van der Waals surface area contributed by atoms with E-state index in [-0.39, 0.29) is 5.66 Å². The predicted molar refractivity (Wildman–Crippen MR) is 56.4 cm³/mol. The molecule has 1 heterocycles. The molecule has 0 bridgehead atoms. The summed E-state index contributed by atoms with van der Waals surface area (Å²) < 4.78 is 0. The average molecular weight is 202 g/mol. The van der Waals surface area contributed by atoms with E-state index in [0.29, 0.717) is 0 Å². The molecule has 0 unspecified atom stereocenters. The molecule has 1 N–H and O–H groups in total. The van der Waals surface area contributed by atoms with Gasteiger partial charge in [0.25, 0.3) is 0 Å². The summed E-state index contributed by atoms with van der Waals surface area (Å²) in [5.41, 5.74) is 0.279. The zero-order valence-corrected chi connectivity index (χ0v) is 8.56. The number of hydrogen-bond acceptors (Lipinski definition) is 3. The third kappa shape index (κ3) is 1.47. The van der Waals surface area contributed by atoms with Crippen molar-refractivity contribution in [3.63, 3.8) is 0 Å². The Hall–Kier alpha value is -1.22. The van der Waals surface area contributed by atoms with E-state index in [2.05, 4.69) is 10.2 Å². The van der Waals surface area contributed by atoms with Crippen LogP contribution in [0, 0.1) is 0 Å². The van der Waals surface area contributed by atoms with Gasteiger partial charge in [-0.05, 0) is 31.2 Å². The smallest absolute Gasteiger partial charge is 0.191 e. The molecule has 1 aromatic rings. The Morgan fingerprint density at radius 3 is 2.07 bits per heavy atom. The maximum atomic E-state index is 10.5. The van der Waals surface area contributed by atoms with Crippen molar-refractivity contribution in [3.8, 4) is 0 Å². The van der Waals surface area contributed by atoms with Gasteiger partial charge in [0, 0.05) is 0 Å². The first-order valence-corrected chi connectivity index (χ1v) is 5.45. The molecule has 0 amide bonds. The van der Waals surface area contributed by atoms with Gasteiger partial charge < -0.3 is 5.11 Å². The third-order valence-corrected chi connectivity index (χ3v) is 3.57. The van der Waals surface area contributed by atoms with E-state index in [1.54, 1.807) is 0 Å². The highest BCUT2D eigenvalue weighted by Gasteiger charge is 2.48.